The number of amides is 2. The zero-order valence-corrected chi connectivity index (χ0v) is 15.2. The summed E-state index contributed by atoms with van der Waals surface area (Å²) in [5, 5.41) is 12.9. The molecule has 0 bridgehead atoms. The summed E-state index contributed by atoms with van der Waals surface area (Å²) in [5.41, 5.74) is 3.25. The molecular weight excluding hydrogens is 328 g/mol. The van der Waals surface area contributed by atoms with Gasteiger partial charge in [-0.2, -0.15) is 0 Å². The maximum atomic E-state index is 12.5. The maximum Gasteiger partial charge on any atom is 0.257 e. The second-order valence-corrected chi connectivity index (χ2v) is 6.86. The third kappa shape index (κ3) is 3.87. The Morgan fingerprint density at radius 3 is 2.38 bits per heavy atom. The Hall–Kier alpha value is -2.82. The van der Waals surface area contributed by atoms with Crippen LogP contribution in [0.25, 0.3) is 0 Å². The molecule has 0 aliphatic carbocycles. The summed E-state index contributed by atoms with van der Waals surface area (Å²) in [6.07, 6.45) is 1.41. The van der Waals surface area contributed by atoms with Gasteiger partial charge in [0.1, 0.15) is 5.75 Å². The first kappa shape index (κ1) is 18.0. The van der Waals surface area contributed by atoms with E-state index in [1.54, 1.807) is 23.1 Å². The molecule has 2 N–H and O–H groups in total. The molecule has 2 amide bonds. The molecule has 3 rings (SSSR count). The lowest BCUT2D eigenvalue weighted by Gasteiger charge is -2.32. The number of carbonyl (C=O) groups is 2. The summed E-state index contributed by atoms with van der Waals surface area (Å²) >= 11 is 0. The summed E-state index contributed by atoms with van der Waals surface area (Å²) in [6.45, 7) is 5.14. The smallest absolute Gasteiger partial charge is 0.257 e. The number of rotatable bonds is 3. The molecule has 2 aromatic carbocycles. The minimum absolute atomic E-state index is 0.00247. The summed E-state index contributed by atoms with van der Waals surface area (Å²) in [6, 6.07) is 12.3. The minimum atomic E-state index is -0.165. The average Bonchev–Trinajstić information content (AvgIpc) is 2.64. The predicted molar refractivity (Wildman–Crippen MR) is 100 cm³/mol. The Bertz CT molecular complexity index is 824. The quantitative estimate of drug-likeness (QED) is 0.892. The van der Waals surface area contributed by atoms with Crippen molar-refractivity contribution in [1.29, 1.82) is 0 Å². The van der Waals surface area contributed by atoms with Crippen molar-refractivity contribution < 1.29 is 14.7 Å². The molecule has 26 heavy (non-hydrogen) atoms. The Labute approximate surface area is 153 Å². The van der Waals surface area contributed by atoms with E-state index in [4.69, 9.17) is 0 Å². The van der Waals surface area contributed by atoms with Crippen LogP contribution >= 0.6 is 0 Å². The van der Waals surface area contributed by atoms with Crippen LogP contribution in [0.5, 0.6) is 5.75 Å². The summed E-state index contributed by atoms with van der Waals surface area (Å²) < 4.78 is 0. The number of hydrogen-bond donors (Lipinski definition) is 2. The van der Waals surface area contributed by atoms with Gasteiger partial charge >= 0.3 is 0 Å². The van der Waals surface area contributed by atoms with Crippen LogP contribution in [-0.2, 0) is 0 Å². The zero-order valence-electron chi connectivity index (χ0n) is 15.2. The maximum absolute atomic E-state index is 12.5. The number of nitrogens with one attached hydrogen (secondary N) is 1. The number of likely N-dealkylation sites (tertiary alicyclic amines) is 1. The van der Waals surface area contributed by atoms with Gasteiger partial charge in [0.05, 0.1) is 5.56 Å². The monoisotopic (exact) mass is 352 g/mol. The molecule has 0 unspecified atom stereocenters. The number of aryl methyl sites for hydroxylation is 2. The van der Waals surface area contributed by atoms with Crippen LogP contribution in [0.1, 0.15) is 44.7 Å². The van der Waals surface area contributed by atoms with Crippen LogP contribution in [0.15, 0.2) is 42.5 Å². The fourth-order valence-electron chi connectivity index (χ4n) is 3.20. The van der Waals surface area contributed by atoms with Crippen molar-refractivity contribution in [2.45, 2.75) is 32.7 Å². The molecule has 5 heteroatoms. The highest BCUT2D eigenvalue weighted by molar-refractivity contribution is 5.97. The van der Waals surface area contributed by atoms with E-state index < -0.39 is 0 Å². The van der Waals surface area contributed by atoms with E-state index >= 15 is 0 Å². The molecule has 0 aromatic heterocycles. The summed E-state index contributed by atoms with van der Waals surface area (Å²) in [7, 11) is 0. The Kier molecular flexibility index (Phi) is 5.26. The van der Waals surface area contributed by atoms with Gasteiger partial charge in [-0.3, -0.25) is 9.59 Å². The zero-order chi connectivity index (χ0) is 18.7. The van der Waals surface area contributed by atoms with Gasteiger partial charge < -0.3 is 15.3 Å². The molecule has 136 valence electrons. The van der Waals surface area contributed by atoms with Crippen LogP contribution in [0.2, 0.25) is 0 Å². The molecule has 5 nitrogen and oxygen atoms in total. The molecule has 0 radical (unpaired) electrons. The van der Waals surface area contributed by atoms with E-state index in [1.807, 2.05) is 32.0 Å². The van der Waals surface area contributed by atoms with Crippen molar-refractivity contribution in [1.82, 2.24) is 10.2 Å². The lowest BCUT2D eigenvalue weighted by molar-refractivity contribution is 0.0695. The van der Waals surface area contributed by atoms with E-state index in [0.717, 1.165) is 11.1 Å². The molecule has 1 heterocycles. The van der Waals surface area contributed by atoms with Crippen molar-refractivity contribution in [3.05, 3.63) is 64.7 Å². The van der Waals surface area contributed by atoms with Crippen LogP contribution in [0.4, 0.5) is 0 Å². The molecular formula is C21H24N2O3. The first-order valence-electron chi connectivity index (χ1n) is 8.91. The number of phenols is 1. The molecule has 1 aliphatic rings. The van der Waals surface area contributed by atoms with Crippen molar-refractivity contribution in [3.8, 4) is 5.75 Å². The van der Waals surface area contributed by atoms with Gasteiger partial charge in [-0.05, 0) is 62.1 Å². The Morgan fingerprint density at radius 1 is 1.04 bits per heavy atom. The summed E-state index contributed by atoms with van der Waals surface area (Å²) in [5.74, 6) is -0.233. The van der Waals surface area contributed by atoms with Gasteiger partial charge in [-0.25, -0.2) is 0 Å². The minimum Gasteiger partial charge on any atom is -0.507 e. The van der Waals surface area contributed by atoms with Crippen molar-refractivity contribution in [3.63, 3.8) is 0 Å². The number of benzene rings is 2. The average molecular weight is 352 g/mol. The van der Waals surface area contributed by atoms with E-state index in [-0.39, 0.29) is 23.6 Å². The standard InChI is InChI=1S/C21H24N2O3/c1-14-7-8-16(13-15(14)2)20(25)22-17-9-11-23(12-10-17)21(26)18-5-3-4-6-19(18)24/h3-8,13,17,24H,9-12H2,1-2H3,(H,22,25). The van der Waals surface area contributed by atoms with E-state index in [9.17, 15) is 14.7 Å². The van der Waals surface area contributed by atoms with Crippen LogP contribution in [-0.4, -0.2) is 41.0 Å². The fourth-order valence-corrected chi connectivity index (χ4v) is 3.20. The Balaban J connectivity index is 1.57. The topological polar surface area (TPSA) is 69.6 Å². The number of carbonyl (C=O) groups excluding carboxylic acids is 2. The lowest BCUT2D eigenvalue weighted by Crippen LogP contribution is -2.46. The third-order valence-electron chi connectivity index (χ3n) is 5.02. The highest BCUT2D eigenvalue weighted by Crippen LogP contribution is 2.21. The lowest BCUT2D eigenvalue weighted by atomic mass is 10.0. The SMILES string of the molecule is Cc1ccc(C(=O)NC2CCN(C(=O)c3ccccc3O)CC2)cc1C. The Morgan fingerprint density at radius 2 is 1.73 bits per heavy atom. The molecule has 1 aliphatic heterocycles. The number of hydrogen-bond acceptors (Lipinski definition) is 3. The van der Waals surface area contributed by atoms with Gasteiger partial charge in [0.25, 0.3) is 11.8 Å². The van der Waals surface area contributed by atoms with Gasteiger partial charge in [0.15, 0.2) is 0 Å². The molecule has 0 saturated carbocycles. The number of aromatic hydroxyl groups is 1. The van der Waals surface area contributed by atoms with Gasteiger partial charge in [0, 0.05) is 24.7 Å². The third-order valence-corrected chi connectivity index (χ3v) is 5.02. The molecule has 0 spiro atoms. The first-order chi connectivity index (χ1) is 12.5. The molecule has 1 fully saturated rings. The van der Waals surface area contributed by atoms with Gasteiger partial charge in [0.2, 0.25) is 0 Å². The normalized spacial score (nSPS) is 14.9. The van der Waals surface area contributed by atoms with Crippen LogP contribution in [0, 0.1) is 13.8 Å². The number of piperidine rings is 1. The van der Waals surface area contributed by atoms with Gasteiger partial charge in [-0.15, -0.1) is 0 Å². The number of para-hydroxylation sites is 1. The van der Waals surface area contributed by atoms with Crippen molar-refractivity contribution in [2.75, 3.05) is 13.1 Å². The fraction of sp³-hybridized carbons (Fsp3) is 0.333. The highest BCUT2D eigenvalue weighted by atomic mass is 16.3. The van der Waals surface area contributed by atoms with Crippen LogP contribution in [0.3, 0.4) is 0 Å². The van der Waals surface area contributed by atoms with E-state index in [1.165, 1.54) is 6.07 Å². The van der Waals surface area contributed by atoms with E-state index in [2.05, 4.69) is 5.32 Å². The van der Waals surface area contributed by atoms with Crippen molar-refractivity contribution >= 4 is 11.8 Å². The second kappa shape index (κ2) is 7.60. The number of nitrogens with zero attached hydrogens (tertiary/aromatic N) is 1. The first-order valence-corrected chi connectivity index (χ1v) is 8.91. The van der Waals surface area contributed by atoms with Gasteiger partial charge in [-0.1, -0.05) is 18.2 Å². The highest BCUT2D eigenvalue weighted by Gasteiger charge is 2.26. The largest absolute Gasteiger partial charge is 0.507 e. The second-order valence-electron chi connectivity index (χ2n) is 6.86. The molecule has 1 saturated heterocycles. The molecule has 0 atom stereocenters. The van der Waals surface area contributed by atoms with Crippen LogP contribution < -0.4 is 5.32 Å². The van der Waals surface area contributed by atoms with E-state index in [0.29, 0.717) is 37.1 Å². The number of phenolic OH excluding ortho intramolecular Hbond substituents is 1. The predicted octanol–water partition coefficient (Wildman–Crippen LogP) is 3.04. The van der Waals surface area contributed by atoms with Crippen molar-refractivity contribution in [2.24, 2.45) is 0 Å². The molecule has 2 aromatic rings. The summed E-state index contributed by atoms with van der Waals surface area (Å²) in [4.78, 5) is 26.7.